The summed E-state index contributed by atoms with van der Waals surface area (Å²) < 4.78 is 6.95. The second-order valence-electron chi connectivity index (χ2n) is 7.35. The predicted molar refractivity (Wildman–Crippen MR) is 123 cm³/mol. The number of pyridine rings is 1. The van der Waals surface area contributed by atoms with Crippen molar-refractivity contribution in [1.82, 2.24) is 4.40 Å². The van der Waals surface area contributed by atoms with Crippen LogP contribution in [-0.4, -0.2) is 23.2 Å². The van der Waals surface area contributed by atoms with Gasteiger partial charge in [-0.3, -0.25) is 9.59 Å². The Bertz CT molecular complexity index is 1320. The van der Waals surface area contributed by atoms with Crippen molar-refractivity contribution in [1.29, 1.82) is 0 Å². The number of carbonyl (C=O) groups excluding carboxylic acids is 2. The zero-order valence-electron chi connectivity index (χ0n) is 17.4. The molecule has 156 valence electrons. The first-order valence-electron chi connectivity index (χ1n) is 9.76. The van der Waals surface area contributed by atoms with E-state index in [2.05, 4.69) is 5.32 Å². The van der Waals surface area contributed by atoms with Crippen LogP contribution in [0.15, 0.2) is 66.9 Å². The number of halogens is 1. The molecule has 2 aromatic carbocycles. The van der Waals surface area contributed by atoms with Crippen LogP contribution >= 0.6 is 11.6 Å². The summed E-state index contributed by atoms with van der Waals surface area (Å²) in [5.74, 6) is -0.792. The molecule has 5 nitrogen and oxygen atoms in total. The number of hydrogen-bond acceptors (Lipinski definition) is 3. The number of ketones is 1. The molecule has 0 aliphatic rings. The number of methoxy groups -OCH3 is 1. The van der Waals surface area contributed by atoms with Crippen molar-refractivity contribution < 1.29 is 14.3 Å². The van der Waals surface area contributed by atoms with Crippen LogP contribution in [0.4, 0.5) is 5.69 Å². The number of amides is 1. The summed E-state index contributed by atoms with van der Waals surface area (Å²) in [6, 6.07) is 18.4. The van der Waals surface area contributed by atoms with E-state index >= 15 is 0 Å². The van der Waals surface area contributed by atoms with Crippen LogP contribution in [0.25, 0.3) is 16.6 Å². The summed E-state index contributed by atoms with van der Waals surface area (Å²) in [4.78, 5) is 26.2. The molecule has 0 atom stereocenters. The summed E-state index contributed by atoms with van der Waals surface area (Å²) in [5, 5.41) is 3.18. The second-order valence-corrected chi connectivity index (χ2v) is 7.76. The molecule has 4 aromatic rings. The number of hydrogen-bond donors (Lipinski definition) is 1. The standard InChI is InChI=1S/C25H21ClN2O3/c1-15-7-9-21(16(2)12-15)27-25(30)24(29)23-19(14-18-6-4-5-11-28(18)23)17-8-10-22(31-3)20(26)13-17/h4-14H,1-3H3,(H,27,30). The Balaban J connectivity index is 1.79. The molecule has 0 aliphatic heterocycles. The molecule has 2 aromatic heterocycles. The largest absolute Gasteiger partial charge is 0.495 e. The molecular weight excluding hydrogens is 412 g/mol. The van der Waals surface area contributed by atoms with Gasteiger partial charge >= 0.3 is 0 Å². The van der Waals surface area contributed by atoms with Crippen LogP contribution < -0.4 is 10.1 Å². The van der Waals surface area contributed by atoms with Gasteiger partial charge in [0.2, 0.25) is 0 Å². The number of nitrogens with zero attached hydrogens (tertiary/aromatic N) is 1. The van der Waals surface area contributed by atoms with Crippen LogP contribution in [0.3, 0.4) is 0 Å². The maximum atomic E-state index is 13.3. The molecule has 0 aliphatic carbocycles. The van der Waals surface area contributed by atoms with E-state index < -0.39 is 11.7 Å². The third kappa shape index (κ3) is 3.92. The van der Waals surface area contributed by atoms with Gasteiger partial charge in [0.1, 0.15) is 11.4 Å². The Kier molecular flexibility index (Phi) is 5.53. The van der Waals surface area contributed by atoms with Gasteiger partial charge in [-0.15, -0.1) is 0 Å². The van der Waals surface area contributed by atoms with Crippen molar-refractivity contribution in [2.45, 2.75) is 13.8 Å². The van der Waals surface area contributed by atoms with E-state index in [1.165, 1.54) is 0 Å². The minimum absolute atomic E-state index is 0.277. The van der Waals surface area contributed by atoms with E-state index in [-0.39, 0.29) is 5.69 Å². The number of rotatable bonds is 5. The predicted octanol–water partition coefficient (Wildman–Crippen LogP) is 5.71. The maximum absolute atomic E-state index is 13.3. The van der Waals surface area contributed by atoms with Gasteiger partial charge in [0.15, 0.2) is 0 Å². The van der Waals surface area contributed by atoms with E-state index in [0.717, 1.165) is 22.2 Å². The lowest BCUT2D eigenvalue weighted by molar-refractivity contribution is -0.112. The Morgan fingerprint density at radius 2 is 1.81 bits per heavy atom. The maximum Gasteiger partial charge on any atom is 0.298 e. The zero-order chi connectivity index (χ0) is 22.1. The van der Waals surface area contributed by atoms with Crippen LogP contribution in [0.2, 0.25) is 5.02 Å². The molecule has 6 heteroatoms. The molecule has 0 radical (unpaired) electrons. The lowest BCUT2D eigenvalue weighted by Crippen LogP contribution is -2.25. The first kappa shape index (κ1) is 20.7. The lowest BCUT2D eigenvalue weighted by Gasteiger charge is -2.11. The number of ether oxygens (including phenoxy) is 1. The van der Waals surface area contributed by atoms with E-state index in [9.17, 15) is 9.59 Å². The Labute approximate surface area is 185 Å². The van der Waals surface area contributed by atoms with E-state index in [1.807, 2.05) is 56.3 Å². The number of anilines is 1. The van der Waals surface area contributed by atoms with Gasteiger partial charge in [-0.1, -0.05) is 41.4 Å². The third-order valence-electron chi connectivity index (χ3n) is 5.19. The van der Waals surface area contributed by atoms with Crippen molar-refractivity contribution in [2.24, 2.45) is 0 Å². The van der Waals surface area contributed by atoms with Gasteiger partial charge in [-0.05, 0) is 61.4 Å². The molecule has 0 spiro atoms. The normalized spacial score (nSPS) is 10.8. The van der Waals surface area contributed by atoms with Gasteiger partial charge < -0.3 is 14.5 Å². The molecule has 0 bridgehead atoms. The van der Waals surface area contributed by atoms with Crippen molar-refractivity contribution in [3.05, 3.63) is 88.7 Å². The molecular formula is C25H21ClN2O3. The number of nitrogens with one attached hydrogen (secondary N) is 1. The summed E-state index contributed by atoms with van der Waals surface area (Å²) in [6.07, 6.45) is 1.77. The summed E-state index contributed by atoms with van der Waals surface area (Å²) in [6.45, 7) is 3.87. The molecule has 2 heterocycles. The highest BCUT2D eigenvalue weighted by atomic mass is 35.5. The Morgan fingerprint density at radius 3 is 2.52 bits per heavy atom. The molecule has 0 saturated heterocycles. The number of aromatic nitrogens is 1. The molecule has 1 amide bonds. The number of fused-ring (bicyclic) bond motifs is 1. The minimum Gasteiger partial charge on any atom is -0.495 e. The SMILES string of the molecule is COc1ccc(-c2cc3ccccn3c2C(=O)C(=O)Nc2ccc(C)cc2C)cc1Cl. The Morgan fingerprint density at radius 1 is 1.00 bits per heavy atom. The van der Waals surface area contributed by atoms with Crippen molar-refractivity contribution >= 4 is 34.5 Å². The summed E-state index contributed by atoms with van der Waals surface area (Å²) in [7, 11) is 1.54. The smallest absolute Gasteiger partial charge is 0.298 e. The average Bonchev–Trinajstić information content (AvgIpc) is 3.14. The Hall–Kier alpha value is -3.57. The average molecular weight is 433 g/mol. The fourth-order valence-corrected chi connectivity index (χ4v) is 3.91. The minimum atomic E-state index is -0.698. The summed E-state index contributed by atoms with van der Waals surface area (Å²) in [5.41, 5.74) is 5.00. The van der Waals surface area contributed by atoms with E-state index in [1.54, 1.807) is 35.9 Å². The number of aryl methyl sites for hydroxylation is 2. The van der Waals surface area contributed by atoms with Gasteiger partial charge in [-0.2, -0.15) is 0 Å². The fourth-order valence-electron chi connectivity index (χ4n) is 3.65. The summed E-state index contributed by atoms with van der Waals surface area (Å²) >= 11 is 6.31. The van der Waals surface area contributed by atoms with Crippen molar-refractivity contribution in [3.63, 3.8) is 0 Å². The molecule has 0 fully saturated rings. The molecule has 0 saturated carbocycles. The topological polar surface area (TPSA) is 59.8 Å². The zero-order valence-corrected chi connectivity index (χ0v) is 18.2. The third-order valence-corrected chi connectivity index (χ3v) is 5.49. The van der Waals surface area contributed by atoms with Gasteiger partial charge in [0.25, 0.3) is 11.7 Å². The van der Waals surface area contributed by atoms with Gasteiger partial charge in [0, 0.05) is 23.0 Å². The van der Waals surface area contributed by atoms with E-state index in [4.69, 9.17) is 16.3 Å². The van der Waals surface area contributed by atoms with Crippen LogP contribution in [-0.2, 0) is 4.79 Å². The highest BCUT2D eigenvalue weighted by Crippen LogP contribution is 2.34. The van der Waals surface area contributed by atoms with Gasteiger partial charge in [0.05, 0.1) is 12.1 Å². The van der Waals surface area contributed by atoms with Crippen LogP contribution in [0.5, 0.6) is 5.75 Å². The number of Topliss-reactive ketones (excluding diaryl/α,β-unsaturated/α-hetero) is 1. The number of carbonyl (C=O) groups is 2. The van der Waals surface area contributed by atoms with Crippen molar-refractivity contribution in [3.8, 4) is 16.9 Å². The quantitative estimate of drug-likeness (QED) is 0.324. The fraction of sp³-hybridized carbons (Fsp3) is 0.120. The monoisotopic (exact) mass is 432 g/mol. The molecule has 1 N–H and O–H groups in total. The molecule has 0 unspecified atom stereocenters. The van der Waals surface area contributed by atoms with Crippen LogP contribution in [0, 0.1) is 13.8 Å². The van der Waals surface area contributed by atoms with Gasteiger partial charge in [-0.25, -0.2) is 0 Å². The molecule has 31 heavy (non-hydrogen) atoms. The first-order chi connectivity index (χ1) is 14.9. The highest BCUT2D eigenvalue weighted by molar-refractivity contribution is 6.47. The second kappa shape index (κ2) is 8.28. The first-order valence-corrected chi connectivity index (χ1v) is 10.1. The lowest BCUT2D eigenvalue weighted by atomic mass is 10.0. The van der Waals surface area contributed by atoms with Crippen LogP contribution in [0.1, 0.15) is 21.6 Å². The highest BCUT2D eigenvalue weighted by Gasteiger charge is 2.25. The van der Waals surface area contributed by atoms with Crippen molar-refractivity contribution in [2.75, 3.05) is 12.4 Å². The molecule has 4 rings (SSSR count). The van der Waals surface area contributed by atoms with E-state index in [0.29, 0.717) is 22.0 Å². The number of benzene rings is 2.